The van der Waals surface area contributed by atoms with Gasteiger partial charge in [0.1, 0.15) is 0 Å². The van der Waals surface area contributed by atoms with Crippen molar-refractivity contribution in [2.75, 3.05) is 30.8 Å². The van der Waals surface area contributed by atoms with Crippen LogP contribution in [-0.2, 0) is 0 Å². The van der Waals surface area contributed by atoms with Crippen molar-refractivity contribution in [2.45, 2.75) is 38.7 Å². The predicted octanol–water partition coefficient (Wildman–Crippen LogP) is 1.27. The zero-order valence-corrected chi connectivity index (χ0v) is 12.1. The van der Waals surface area contributed by atoms with Crippen molar-refractivity contribution in [2.24, 2.45) is 5.92 Å². The summed E-state index contributed by atoms with van der Waals surface area (Å²) in [5, 5.41) is 16.1. The van der Waals surface area contributed by atoms with Gasteiger partial charge in [0.25, 0.3) is 0 Å². The van der Waals surface area contributed by atoms with Gasteiger partial charge in [-0.05, 0) is 19.3 Å². The highest BCUT2D eigenvalue weighted by Gasteiger charge is 2.25. The van der Waals surface area contributed by atoms with Gasteiger partial charge in [-0.2, -0.15) is 15.0 Å². The maximum absolute atomic E-state index is 9.81. The summed E-state index contributed by atoms with van der Waals surface area (Å²) in [6, 6.07) is 0.285. The number of nitrogens with zero attached hydrogens (tertiary/aromatic N) is 3. The van der Waals surface area contributed by atoms with E-state index < -0.39 is 0 Å². The van der Waals surface area contributed by atoms with E-state index in [0.29, 0.717) is 18.4 Å². The first-order chi connectivity index (χ1) is 9.72. The predicted molar refractivity (Wildman–Crippen MR) is 77.0 cm³/mol. The highest BCUT2D eigenvalue weighted by atomic mass is 16.5. The molecule has 0 radical (unpaired) electrons. The Kier molecular flexibility index (Phi) is 5.34. The summed E-state index contributed by atoms with van der Waals surface area (Å²) in [6.45, 7) is 3.54. The molecule has 1 aliphatic rings. The van der Waals surface area contributed by atoms with E-state index in [-0.39, 0.29) is 18.0 Å². The van der Waals surface area contributed by atoms with Crippen molar-refractivity contribution in [1.82, 2.24) is 15.0 Å². The molecule has 0 spiro atoms. The number of aliphatic hydroxyl groups is 1. The SMILES string of the molecule is CCCNc1nc(NCC2CCCC2O)nc(OC)n1. The third-order valence-corrected chi connectivity index (χ3v) is 3.47. The van der Waals surface area contributed by atoms with Crippen LogP contribution in [0.15, 0.2) is 0 Å². The third-order valence-electron chi connectivity index (χ3n) is 3.47. The smallest absolute Gasteiger partial charge is 0.322 e. The standard InChI is InChI=1S/C13H23N5O2/c1-3-7-14-11-16-12(18-13(17-11)20-2)15-8-9-5-4-6-10(9)19/h9-10,19H,3-8H2,1-2H3,(H2,14,15,16,17,18). The molecule has 1 heterocycles. The highest BCUT2D eigenvalue weighted by molar-refractivity contribution is 5.35. The quantitative estimate of drug-likeness (QED) is 0.693. The van der Waals surface area contributed by atoms with Crippen LogP contribution in [0.25, 0.3) is 0 Å². The minimum absolute atomic E-state index is 0.219. The normalized spacial score (nSPS) is 21.8. The molecule has 0 bridgehead atoms. The van der Waals surface area contributed by atoms with Crippen molar-refractivity contribution >= 4 is 11.9 Å². The Bertz CT molecular complexity index is 429. The largest absolute Gasteiger partial charge is 0.467 e. The number of methoxy groups -OCH3 is 1. The third kappa shape index (κ3) is 3.93. The Hall–Kier alpha value is -1.63. The lowest BCUT2D eigenvalue weighted by Crippen LogP contribution is -2.23. The Morgan fingerprint density at radius 2 is 1.95 bits per heavy atom. The van der Waals surface area contributed by atoms with Gasteiger partial charge in [-0.3, -0.25) is 0 Å². The monoisotopic (exact) mass is 281 g/mol. The number of nitrogens with one attached hydrogen (secondary N) is 2. The maximum Gasteiger partial charge on any atom is 0.322 e. The lowest BCUT2D eigenvalue weighted by atomic mass is 10.1. The zero-order chi connectivity index (χ0) is 14.4. The van der Waals surface area contributed by atoms with Crippen molar-refractivity contribution in [3.63, 3.8) is 0 Å². The van der Waals surface area contributed by atoms with Gasteiger partial charge in [0.05, 0.1) is 13.2 Å². The first kappa shape index (κ1) is 14.8. The molecule has 1 saturated carbocycles. The van der Waals surface area contributed by atoms with Crippen LogP contribution in [0.5, 0.6) is 6.01 Å². The van der Waals surface area contributed by atoms with Gasteiger partial charge in [-0.15, -0.1) is 0 Å². The second kappa shape index (κ2) is 7.23. The van der Waals surface area contributed by atoms with Gasteiger partial charge in [0.2, 0.25) is 11.9 Å². The van der Waals surface area contributed by atoms with Gasteiger partial charge in [-0.1, -0.05) is 13.3 Å². The number of rotatable bonds is 7. The van der Waals surface area contributed by atoms with Gasteiger partial charge >= 0.3 is 6.01 Å². The van der Waals surface area contributed by atoms with Crippen LogP contribution in [0.3, 0.4) is 0 Å². The van der Waals surface area contributed by atoms with Gasteiger partial charge in [-0.25, -0.2) is 0 Å². The van der Waals surface area contributed by atoms with Crippen LogP contribution in [0.4, 0.5) is 11.9 Å². The van der Waals surface area contributed by atoms with E-state index in [1.54, 1.807) is 0 Å². The van der Waals surface area contributed by atoms with Gasteiger partial charge in [0.15, 0.2) is 0 Å². The minimum atomic E-state index is -0.219. The average molecular weight is 281 g/mol. The van der Waals surface area contributed by atoms with Crippen molar-refractivity contribution in [3.8, 4) is 6.01 Å². The van der Waals surface area contributed by atoms with Crippen LogP contribution in [0.2, 0.25) is 0 Å². The number of aromatic nitrogens is 3. The average Bonchev–Trinajstić information content (AvgIpc) is 2.88. The topological polar surface area (TPSA) is 92.2 Å². The first-order valence-corrected chi connectivity index (χ1v) is 7.18. The fourth-order valence-corrected chi connectivity index (χ4v) is 2.32. The number of anilines is 2. The Morgan fingerprint density at radius 1 is 1.20 bits per heavy atom. The molecule has 0 amide bonds. The van der Waals surface area contributed by atoms with E-state index in [4.69, 9.17) is 4.74 Å². The van der Waals surface area contributed by atoms with Crippen LogP contribution >= 0.6 is 0 Å². The molecule has 0 saturated heterocycles. The lowest BCUT2D eigenvalue weighted by Gasteiger charge is -2.15. The highest BCUT2D eigenvalue weighted by Crippen LogP contribution is 2.25. The molecule has 2 rings (SSSR count). The summed E-state index contributed by atoms with van der Waals surface area (Å²) in [6.07, 6.45) is 3.78. The fraction of sp³-hybridized carbons (Fsp3) is 0.769. The molecule has 1 aliphatic carbocycles. The minimum Gasteiger partial charge on any atom is -0.467 e. The molecule has 7 heteroatoms. The lowest BCUT2D eigenvalue weighted by molar-refractivity contribution is 0.138. The molecule has 1 aromatic heterocycles. The first-order valence-electron chi connectivity index (χ1n) is 7.18. The number of hydrogen-bond acceptors (Lipinski definition) is 7. The van der Waals surface area contributed by atoms with E-state index in [1.807, 2.05) is 0 Å². The molecule has 112 valence electrons. The van der Waals surface area contributed by atoms with Crippen LogP contribution in [-0.4, -0.2) is 46.4 Å². The van der Waals surface area contributed by atoms with Crippen LogP contribution in [0, 0.1) is 5.92 Å². The van der Waals surface area contributed by atoms with Gasteiger partial charge < -0.3 is 20.5 Å². The molecule has 0 aromatic carbocycles. The molecule has 2 unspecified atom stereocenters. The molecule has 0 aliphatic heterocycles. The van der Waals surface area contributed by atoms with Gasteiger partial charge in [0, 0.05) is 19.0 Å². The molecule has 1 fully saturated rings. The molecular weight excluding hydrogens is 258 g/mol. The Morgan fingerprint density at radius 3 is 2.55 bits per heavy atom. The zero-order valence-electron chi connectivity index (χ0n) is 12.1. The van der Waals surface area contributed by atoms with E-state index in [9.17, 15) is 5.11 Å². The molecule has 20 heavy (non-hydrogen) atoms. The summed E-state index contributed by atoms with van der Waals surface area (Å²) in [7, 11) is 1.53. The van der Waals surface area contributed by atoms with E-state index in [1.165, 1.54) is 7.11 Å². The number of ether oxygens (including phenoxy) is 1. The second-order valence-corrected chi connectivity index (χ2v) is 5.04. The molecule has 3 N–H and O–H groups in total. The van der Waals surface area contributed by atoms with Crippen molar-refractivity contribution in [3.05, 3.63) is 0 Å². The van der Waals surface area contributed by atoms with Crippen LogP contribution < -0.4 is 15.4 Å². The van der Waals surface area contributed by atoms with E-state index in [2.05, 4.69) is 32.5 Å². The van der Waals surface area contributed by atoms with E-state index >= 15 is 0 Å². The van der Waals surface area contributed by atoms with Crippen LogP contribution in [0.1, 0.15) is 32.6 Å². The fourth-order valence-electron chi connectivity index (χ4n) is 2.32. The van der Waals surface area contributed by atoms with Crippen molar-refractivity contribution < 1.29 is 9.84 Å². The molecular formula is C13H23N5O2. The Labute approximate surface area is 119 Å². The summed E-state index contributed by atoms with van der Waals surface area (Å²) < 4.78 is 5.08. The second-order valence-electron chi connectivity index (χ2n) is 5.04. The number of aliphatic hydroxyl groups excluding tert-OH is 1. The van der Waals surface area contributed by atoms with E-state index in [0.717, 1.165) is 32.2 Å². The Balaban J connectivity index is 1.98. The summed E-state index contributed by atoms with van der Waals surface area (Å²) in [5.41, 5.74) is 0. The summed E-state index contributed by atoms with van der Waals surface area (Å²) >= 11 is 0. The molecule has 2 atom stereocenters. The van der Waals surface area contributed by atoms with Crippen molar-refractivity contribution in [1.29, 1.82) is 0 Å². The number of hydrogen-bond donors (Lipinski definition) is 3. The molecule has 1 aromatic rings. The summed E-state index contributed by atoms with van der Waals surface area (Å²) in [4.78, 5) is 12.6. The molecule has 7 nitrogen and oxygen atoms in total. The maximum atomic E-state index is 9.81. The summed E-state index contributed by atoms with van der Waals surface area (Å²) in [5.74, 6) is 1.26.